The van der Waals surface area contributed by atoms with Gasteiger partial charge in [0.1, 0.15) is 5.69 Å². The molecular formula is C25H22N4O4S. The molecule has 0 aliphatic rings. The minimum absolute atomic E-state index is 0.0728. The lowest BCUT2D eigenvalue weighted by Gasteiger charge is -2.23. The number of rotatable bonds is 8. The smallest absolute Gasteiger partial charge is 0.264 e. The number of sulfonamides is 1. The van der Waals surface area contributed by atoms with Gasteiger partial charge in [0.25, 0.3) is 10.0 Å². The van der Waals surface area contributed by atoms with Gasteiger partial charge in [-0.1, -0.05) is 35.5 Å². The zero-order valence-corrected chi connectivity index (χ0v) is 19.4. The van der Waals surface area contributed by atoms with E-state index in [4.69, 9.17) is 0 Å². The third-order valence-corrected chi connectivity index (χ3v) is 7.04. The van der Waals surface area contributed by atoms with Gasteiger partial charge in [-0.25, -0.2) is 13.1 Å². The maximum absolute atomic E-state index is 13.5. The molecule has 0 atom stereocenters. The number of aromatic nitrogens is 3. The Labute approximate surface area is 197 Å². The molecule has 172 valence electrons. The first kappa shape index (κ1) is 23.1. The van der Waals surface area contributed by atoms with Crippen LogP contribution in [0.1, 0.15) is 40.3 Å². The van der Waals surface area contributed by atoms with Crippen molar-refractivity contribution in [1.82, 2.24) is 15.0 Å². The van der Waals surface area contributed by atoms with Crippen LogP contribution < -0.4 is 4.31 Å². The van der Waals surface area contributed by atoms with E-state index in [9.17, 15) is 18.0 Å². The van der Waals surface area contributed by atoms with Gasteiger partial charge in [-0.15, -0.1) is 5.10 Å². The molecule has 9 heteroatoms. The average Bonchev–Trinajstić information content (AvgIpc) is 3.32. The van der Waals surface area contributed by atoms with E-state index in [1.807, 2.05) is 0 Å². The van der Waals surface area contributed by atoms with Gasteiger partial charge in [0.2, 0.25) is 0 Å². The summed E-state index contributed by atoms with van der Waals surface area (Å²) >= 11 is 0. The summed E-state index contributed by atoms with van der Waals surface area (Å²) in [4.78, 5) is 23.5. The second-order valence-corrected chi connectivity index (χ2v) is 9.55. The van der Waals surface area contributed by atoms with Crippen molar-refractivity contribution in [3.05, 3.63) is 102 Å². The summed E-state index contributed by atoms with van der Waals surface area (Å²) in [5.41, 5.74) is 2.45. The third-order valence-electron chi connectivity index (χ3n) is 5.26. The fourth-order valence-electron chi connectivity index (χ4n) is 3.41. The molecule has 0 amide bonds. The molecule has 8 nitrogen and oxygen atoms in total. The van der Waals surface area contributed by atoms with Gasteiger partial charge in [-0.2, -0.15) is 0 Å². The Bertz CT molecular complexity index is 1450. The molecule has 0 saturated carbocycles. The van der Waals surface area contributed by atoms with Crippen LogP contribution >= 0.6 is 0 Å². The van der Waals surface area contributed by atoms with Gasteiger partial charge in [-0.05, 0) is 62.4 Å². The topological polar surface area (TPSA) is 102 Å². The van der Waals surface area contributed by atoms with E-state index in [2.05, 4.69) is 10.3 Å². The van der Waals surface area contributed by atoms with Crippen molar-refractivity contribution < 1.29 is 18.0 Å². The minimum atomic E-state index is -3.93. The lowest BCUT2D eigenvalue weighted by Crippen LogP contribution is -2.30. The SMILES string of the molecule is CC(=O)c1ccc(N(Cc2cn(-c3cccc(C(C)=O)c3)nn2)S(=O)(=O)c2ccccc2)cc1. The molecule has 0 fully saturated rings. The number of ketones is 2. The molecule has 0 bridgehead atoms. The number of nitrogens with zero attached hydrogens (tertiary/aromatic N) is 4. The maximum Gasteiger partial charge on any atom is 0.264 e. The highest BCUT2D eigenvalue weighted by Crippen LogP contribution is 2.26. The third kappa shape index (κ3) is 4.79. The van der Waals surface area contributed by atoms with Crippen molar-refractivity contribution in [2.75, 3.05) is 4.31 Å². The van der Waals surface area contributed by atoms with Crippen LogP contribution in [-0.2, 0) is 16.6 Å². The maximum atomic E-state index is 13.5. The first-order valence-corrected chi connectivity index (χ1v) is 11.9. The van der Waals surface area contributed by atoms with Crippen molar-refractivity contribution in [2.45, 2.75) is 25.3 Å². The number of anilines is 1. The zero-order valence-electron chi connectivity index (χ0n) is 18.6. The number of benzene rings is 3. The Hall–Kier alpha value is -4.11. The van der Waals surface area contributed by atoms with Crippen LogP contribution in [-0.4, -0.2) is 35.0 Å². The summed E-state index contributed by atoms with van der Waals surface area (Å²) in [5, 5.41) is 8.27. The van der Waals surface area contributed by atoms with Crippen LogP contribution in [0, 0.1) is 0 Å². The second kappa shape index (κ2) is 9.40. The normalized spacial score (nSPS) is 11.2. The van der Waals surface area contributed by atoms with Crippen LogP contribution in [0.4, 0.5) is 5.69 Å². The highest BCUT2D eigenvalue weighted by molar-refractivity contribution is 7.92. The molecule has 0 saturated heterocycles. The first-order valence-electron chi connectivity index (χ1n) is 10.5. The van der Waals surface area contributed by atoms with E-state index in [-0.39, 0.29) is 23.0 Å². The Morgan fingerprint density at radius 1 is 0.853 bits per heavy atom. The molecule has 0 N–H and O–H groups in total. The number of carbonyl (C=O) groups is 2. The lowest BCUT2D eigenvalue weighted by atomic mass is 10.1. The van der Waals surface area contributed by atoms with Crippen molar-refractivity contribution >= 4 is 27.3 Å². The molecule has 1 aromatic heterocycles. The second-order valence-electron chi connectivity index (χ2n) is 7.69. The van der Waals surface area contributed by atoms with Gasteiger partial charge in [0.15, 0.2) is 11.6 Å². The summed E-state index contributed by atoms with van der Waals surface area (Å²) < 4.78 is 29.8. The number of hydrogen-bond acceptors (Lipinski definition) is 6. The summed E-state index contributed by atoms with van der Waals surface area (Å²) in [7, 11) is -3.93. The number of carbonyl (C=O) groups excluding carboxylic acids is 2. The molecule has 0 spiro atoms. The summed E-state index contributed by atoms with van der Waals surface area (Å²) in [6.45, 7) is 2.85. The van der Waals surface area contributed by atoms with Gasteiger partial charge in [-0.3, -0.25) is 13.9 Å². The van der Waals surface area contributed by atoms with E-state index < -0.39 is 10.0 Å². The van der Waals surface area contributed by atoms with E-state index in [0.717, 1.165) is 0 Å². The fourth-order valence-corrected chi connectivity index (χ4v) is 4.87. The predicted molar refractivity (Wildman–Crippen MR) is 128 cm³/mol. The molecule has 0 aliphatic heterocycles. The highest BCUT2D eigenvalue weighted by Gasteiger charge is 2.26. The van der Waals surface area contributed by atoms with Crippen molar-refractivity contribution in [1.29, 1.82) is 0 Å². The average molecular weight is 475 g/mol. The van der Waals surface area contributed by atoms with E-state index in [1.54, 1.807) is 72.9 Å². The number of Topliss-reactive ketones (excluding diaryl/α,β-unsaturated/α-hetero) is 2. The van der Waals surface area contributed by atoms with Crippen molar-refractivity contribution in [2.24, 2.45) is 0 Å². The van der Waals surface area contributed by atoms with Crippen molar-refractivity contribution in [3.63, 3.8) is 0 Å². The fraction of sp³-hybridized carbons (Fsp3) is 0.120. The largest absolute Gasteiger partial charge is 0.295 e. The Morgan fingerprint density at radius 3 is 2.18 bits per heavy atom. The zero-order chi connectivity index (χ0) is 24.3. The van der Waals surface area contributed by atoms with Crippen LogP contribution in [0.5, 0.6) is 0 Å². The predicted octanol–water partition coefficient (Wildman–Crippen LogP) is 4.07. The molecule has 34 heavy (non-hydrogen) atoms. The monoisotopic (exact) mass is 474 g/mol. The molecule has 4 aromatic rings. The Morgan fingerprint density at radius 2 is 1.53 bits per heavy atom. The minimum Gasteiger partial charge on any atom is -0.295 e. The number of hydrogen-bond donors (Lipinski definition) is 0. The molecule has 1 heterocycles. The molecular weight excluding hydrogens is 452 g/mol. The summed E-state index contributed by atoms with van der Waals surface area (Å²) in [6.07, 6.45) is 1.62. The molecule has 0 aliphatic carbocycles. The summed E-state index contributed by atoms with van der Waals surface area (Å²) in [5.74, 6) is -0.184. The van der Waals surface area contributed by atoms with Crippen LogP contribution in [0.2, 0.25) is 0 Å². The Balaban J connectivity index is 1.71. The quantitative estimate of drug-likeness (QED) is 0.357. The van der Waals surface area contributed by atoms with Gasteiger partial charge < -0.3 is 0 Å². The molecule has 4 rings (SSSR count). The first-order chi connectivity index (χ1) is 16.3. The standard InChI is InChI=1S/C25H22N4O4S/c1-18(30)20-11-13-23(14-12-20)29(34(32,33)25-9-4-3-5-10-25)17-22-16-28(27-26-22)24-8-6-7-21(15-24)19(2)31/h3-16H,17H2,1-2H3. The van der Waals surface area contributed by atoms with E-state index >= 15 is 0 Å². The molecule has 0 radical (unpaired) electrons. The van der Waals surface area contributed by atoms with Crippen molar-refractivity contribution in [3.8, 4) is 5.69 Å². The van der Waals surface area contributed by atoms with Gasteiger partial charge >= 0.3 is 0 Å². The molecule has 3 aromatic carbocycles. The summed E-state index contributed by atoms with van der Waals surface area (Å²) in [6, 6.07) is 21.4. The lowest BCUT2D eigenvalue weighted by molar-refractivity contribution is 0.100. The van der Waals surface area contributed by atoms with Crippen LogP contribution in [0.15, 0.2) is 90.0 Å². The highest BCUT2D eigenvalue weighted by atomic mass is 32.2. The van der Waals surface area contributed by atoms with Crippen LogP contribution in [0.25, 0.3) is 5.69 Å². The van der Waals surface area contributed by atoms with Crippen LogP contribution in [0.3, 0.4) is 0 Å². The van der Waals surface area contributed by atoms with Gasteiger partial charge in [0, 0.05) is 11.1 Å². The molecule has 0 unspecified atom stereocenters. The van der Waals surface area contributed by atoms with E-state index in [0.29, 0.717) is 28.2 Å². The Kier molecular flexibility index (Phi) is 6.38. The van der Waals surface area contributed by atoms with E-state index in [1.165, 1.54) is 35.0 Å². The van der Waals surface area contributed by atoms with Gasteiger partial charge in [0.05, 0.1) is 29.0 Å².